The highest BCUT2D eigenvalue weighted by molar-refractivity contribution is 5.77. The Labute approximate surface area is 133 Å². The highest BCUT2D eigenvalue weighted by atomic mass is 16.5. The number of aliphatic hydroxyl groups is 1. The van der Waals surface area contributed by atoms with Gasteiger partial charge >= 0.3 is 0 Å². The van der Waals surface area contributed by atoms with Crippen LogP contribution in [-0.4, -0.2) is 29.5 Å². The van der Waals surface area contributed by atoms with E-state index < -0.39 is 6.23 Å². The van der Waals surface area contributed by atoms with E-state index in [1.807, 2.05) is 36.4 Å². The van der Waals surface area contributed by atoms with Gasteiger partial charge in [-0.25, -0.2) is 4.98 Å². The number of nitrogens with two attached hydrogens (primary N) is 1. The number of fused-ring (bicyclic) bond motifs is 1. The largest absolute Gasteiger partial charge is 0.497 e. The van der Waals surface area contributed by atoms with Crippen molar-refractivity contribution in [1.82, 2.24) is 4.98 Å². The standard InChI is InChI=1S/C17H19N3O3/c1-10(18)16(21)19-12-5-3-11(4-6-12)17-20-14-8-7-13(22-2)9-15(14)23-17/h3-10,16,19,21H,18H2,1-2H3/t10?,16-/m0/s1. The van der Waals surface area contributed by atoms with E-state index >= 15 is 0 Å². The molecule has 2 atom stereocenters. The second-order valence-corrected chi connectivity index (χ2v) is 5.38. The average molecular weight is 313 g/mol. The molecule has 0 spiro atoms. The second kappa shape index (κ2) is 6.28. The van der Waals surface area contributed by atoms with Crippen LogP contribution in [0.5, 0.6) is 5.75 Å². The second-order valence-electron chi connectivity index (χ2n) is 5.38. The van der Waals surface area contributed by atoms with E-state index in [1.54, 1.807) is 20.1 Å². The summed E-state index contributed by atoms with van der Waals surface area (Å²) >= 11 is 0. The van der Waals surface area contributed by atoms with Crippen LogP contribution in [0, 0.1) is 0 Å². The first-order chi connectivity index (χ1) is 11.1. The van der Waals surface area contributed by atoms with Crippen molar-refractivity contribution in [2.45, 2.75) is 19.2 Å². The maximum Gasteiger partial charge on any atom is 0.227 e. The van der Waals surface area contributed by atoms with Crippen LogP contribution in [0.1, 0.15) is 6.92 Å². The van der Waals surface area contributed by atoms with Gasteiger partial charge in [-0.05, 0) is 43.3 Å². The highest BCUT2D eigenvalue weighted by Gasteiger charge is 2.11. The van der Waals surface area contributed by atoms with Crippen LogP contribution in [0.25, 0.3) is 22.6 Å². The molecule has 1 aromatic heterocycles. The van der Waals surface area contributed by atoms with Crippen molar-refractivity contribution in [2.24, 2.45) is 5.73 Å². The number of benzene rings is 2. The van der Waals surface area contributed by atoms with Gasteiger partial charge < -0.3 is 25.3 Å². The molecule has 6 nitrogen and oxygen atoms in total. The summed E-state index contributed by atoms with van der Waals surface area (Å²) in [6.45, 7) is 1.73. The lowest BCUT2D eigenvalue weighted by Gasteiger charge is -2.17. The third-order valence-electron chi connectivity index (χ3n) is 3.54. The molecular formula is C17H19N3O3. The van der Waals surface area contributed by atoms with E-state index in [1.165, 1.54) is 0 Å². The van der Waals surface area contributed by atoms with Crippen LogP contribution >= 0.6 is 0 Å². The molecule has 0 aliphatic rings. The molecule has 0 radical (unpaired) electrons. The van der Waals surface area contributed by atoms with Gasteiger partial charge in [-0.1, -0.05) is 0 Å². The number of aromatic nitrogens is 1. The number of ether oxygens (including phenoxy) is 1. The van der Waals surface area contributed by atoms with Gasteiger partial charge in [-0.2, -0.15) is 0 Å². The molecule has 4 N–H and O–H groups in total. The first kappa shape index (κ1) is 15.3. The third kappa shape index (κ3) is 3.28. The van der Waals surface area contributed by atoms with Crippen LogP contribution < -0.4 is 15.8 Å². The Hall–Kier alpha value is -2.57. The maximum atomic E-state index is 9.73. The van der Waals surface area contributed by atoms with Crippen LogP contribution in [0.2, 0.25) is 0 Å². The molecule has 0 amide bonds. The predicted octanol–water partition coefficient (Wildman–Crippen LogP) is 2.58. The molecule has 0 saturated heterocycles. The van der Waals surface area contributed by atoms with E-state index in [2.05, 4.69) is 10.3 Å². The van der Waals surface area contributed by atoms with Crippen molar-refractivity contribution < 1.29 is 14.3 Å². The van der Waals surface area contributed by atoms with Gasteiger partial charge in [0.1, 0.15) is 17.5 Å². The van der Waals surface area contributed by atoms with Gasteiger partial charge in [0.05, 0.1) is 7.11 Å². The summed E-state index contributed by atoms with van der Waals surface area (Å²) in [7, 11) is 1.61. The lowest BCUT2D eigenvalue weighted by molar-refractivity contribution is 0.179. The summed E-state index contributed by atoms with van der Waals surface area (Å²) in [6, 6.07) is 12.6. The van der Waals surface area contributed by atoms with Crippen molar-refractivity contribution in [3.05, 3.63) is 42.5 Å². The average Bonchev–Trinajstić information content (AvgIpc) is 2.98. The summed E-state index contributed by atoms with van der Waals surface area (Å²) in [5, 5.41) is 12.7. The van der Waals surface area contributed by atoms with Gasteiger partial charge in [0, 0.05) is 23.4 Å². The predicted molar refractivity (Wildman–Crippen MR) is 89.3 cm³/mol. The summed E-state index contributed by atoms with van der Waals surface area (Å²) in [6.07, 6.45) is -0.794. The minimum Gasteiger partial charge on any atom is -0.497 e. The molecule has 0 aliphatic carbocycles. The number of nitrogens with zero attached hydrogens (tertiary/aromatic N) is 1. The van der Waals surface area contributed by atoms with Crippen molar-refractivity contribution in [1.29, 1.82) is 0 Å². The summed E-state index contributed by atoms with van der Waals surface area (Å²) in [5.41, 5.74) is 8.69. The molecule has 3 aromatic rings. The molecule has 120 valence electrons. The maximum absolute atomic E-state index is 9.73. The van der Waals surface area contributed by atoms with Crippen LogP contribution in [0.15, 0.2) is 46.9 Å². The van der Waals surface area contributed by atoms with Crippen molar-refractivity contribution in [3.8, 4) is 17.2 Å². The number of methoxy groups -OCH3 is 1. The lowest BCUT2D eigenvalue weighted by Crippen LogP contribution is -2.37. The number of aliphatic hydroxyl groups excluding tert-OH is 1. The Balaban J connectivity index is 1.84. The van der Waals surface area contributed by atoms with Gasteiger partial charge in [0.15, 0.2) is 5.58 Å². The zero-order chi connectivity index (χ0) is 16.4. The number of oxazole rings is 1. The fourth-order valence-electron chi connectivity index (χ4n) is 2.17. The molecule has 6 heteroatoms. The summed E-state index contributed by atoms with van der Waals surface area (Å²) in [5.74, 6) is 1.26. The van der Waals surface area contributed by atoms with E-state index in [-0.39, 0.29) is 6.04 Å². The SMILES string of the molecule is COc1ccc2nc(-c3ccc(N[C@@H](O)C(C)N)cc3)oc2c1. The Bertz CT molecular complexity index is 796. The van der Waals surface area contributed by atoms with Crippen LogP contribution in [0.4, 0.5) is 5.69 Å². The normalized spacial score (nSPS) is 13.7. The van der Waals surface area contributed by atoms with Crippen LogP contribution in [-0.2, 0) is 0 Å². The van der Waals surface area contributed by atoms with Gasteiger partial charge in [-0.3, -0.25) is 0 Å². The first-order valence-corrected chi connectivity index (χ1v) is 7.32. The van der Waals surface area contributed by atoms with Gasteiger partial charge in [-0.15, -0.1) is 0 Å². The smallest absolute Gasteiger partial charge is 0.227 e. The van der Waals surface area contributed by atoms with E-state index in [0.29, 0.717) is 11.5 Å². The lowest BCUT2D eigenvalue weighted by atomic mass is 10.2. The molecule has 1 unspecified atom stereocenters. The molecule has 0 saturated carbocycles. The third-order valence-corrected chi connectivity index (χ3v) is 3.54. The zero-order valence-electron chi connectivity index (χ0n) is 13.0. The molecule has 2 aromatic carbocycles. The molecule has 0 bridgehead atoms. The molecule has 3 rings (SSSR count). The molecule has 0 fully saturated rings. The zero-order valence-corrected chi connectivity index (χ0v) is 13.0. The quantitative estimate of drug-likeness (QED) is 0.627. The number of anilines is 1. The number of nitrogens with one attached hydrogen (secondary N) is 1. The molecule has 23 heavy (non-hydrogen) atoms. The number of hydrogen-bond acceptors (Lipinski definition) is 6. The number of hydrogen-bond donors (Lipinski definition) is 3. The topological polar surface area (TPSA) is 93.5 Å². The molecule has 1 heterocycles. The minimum atomic E-state index is -0.794. The van der Waals surface area contributed by atoms with Crippen molar-refractivity contribution in [3.63, 3.8) is 0 Å². The highest BCUT2D eigenvalue weighted by Crippen LogP contribution is 2.27. The van der Waals surface area contributed by atoms with E-state index in [0.717, 1.165) is 22.5 Å². The summed E-state index contributed by atoms with van der Waals surface area (Å²) < 4.78 is 11.0. The van der Waals surface area contributed by atoms with Gasteiger partial charge in [0.25, 0.3) is 0 Å². The Morgan fingerprint density at radius 1 is 1.22 bits per heavy atom. The van der Waals surface area contributed by atoms with E-state index in [4.69, 9.17) is 14.9 Å². The Kier molecular flexibility index (Phi) is 4.18. The Morgan fingerprint density at radius 2 is 1.96 bits per heavy atom. The van der Waals surface area contributed by atoms with Crippen molar-refractivity contribution >= 4 is 16.8 Å². The minimum absolute atomic E-state index is 0.360. The monoisotopic (exact) mass is 313 g/mol. The number of rotatable bonds is 5. The first-order valence-electron chi connectivity index (χ1n) is 7.32. The molecule has 0 aliphatic heterocycles. The fourth-order valence-corrected chi connectivity index (χ4v) is 2.17. The van der Waals surface area contributed by atoms with E-state index in [9.17, 15) is 5.11 Å². The van der Waals surface area contributed by atoms with Gasteiger partial charge in [0.2, 0.25) is 5.89 Å². The summed E-state index contributed by atoms with van der Waals surface area (Å²) in [4.78, 5) is 4.47. The Morgan fingerprint density at radius 3 is 2.61 bits per heavy atom. The van der Waals surface area contributed by atoms with Crippen molar-refractivity contribution in [2.75, 3.05) is 12.4 Å². The molecular weight excluding hydrogens is 294 g/mol. The fraction of sp³-hybridized carbons (Fsp3) is 0.235. The van der Waals surface area contributed by atoms with Crippen LogP contribution in [0.3, 0.4) is 0 Å².